The Labute approximate surface area is 169 Å². The minimum atomic E-state index is -3.87. The largest absolute Gasteiger partial charge is 0.451 e. The van der Waals surface area contributed by atoms with E-state index in [1.807, 2.05) is 12.1 Å². The molecule has 0 saturated carbocycles. The van der Waals surface area contributed by atoms with Crippen molar-refractivity contribution >= 4 is 15.7 Å². The van der Waals surface area contributed by atoms with Crippen LogP contribution in [0.3, 0.4) is 0 Å². The van der Waals surface area contributed by atoms with Crippen LogP contribution in [0.2, 0.25) is 0 Å². The number of anilines is 1. The second kappa shape index (κ2) is 7.96. The molecule has 0 atom stereocenters. The fraction of sp³-hybridized carbons (Fsp3) is 0.286. The van der Waals surface area contributed by atoms with Gasteiger partial charge in [0, 0.05) is 30.3 Å². The van der Waals surface area contributed by atoms with E-state index in [0.717, 1.165) is 32.1 Å². The molecule has 1 aliphatic rings. The van der Waals surface area contributed by atoms with Gasteiger partial charge in [0.25, 0.3) is 10.0 Å². The molecule has 0 radical (unpaired) electrons. The molecule has 4 rings (SSSR count). The monoisotopic (exact) mass is 415 g/mol. The minimum absolute atomic E-state index is 0.0461. The number of halogens is 1. The highest BCUT2D eigenvalue weighted by Gasteiger charge is 2.27. The average molecular weight is 415 g/mol. The maximum absolute atomic E-state index is 14.1. The van der Waals surface area contributed by atoms with Gasteiger partial charge in [-0.3, -0.25) is 4.72 Å². The van der Waals surface area contributed by atoms with Crippen LogP contribution in [0.1, 0.15) is 24.8 Å². The highest BCUT2D eigenvalue weighted by Crippen LogP contribution is 2.29. The maximum Gasteiger partial charge on any atom is 0.261 e. The molecule has 152 valence electrons. The van der Waals surface area contributed by atoms with Crippen LogP contribution in [0.15, 0.2) is 64.4 Å². The molecular formula is C21H22FN3O3S. The minimum Gasteiger partial charge on any atom is -0.451 e. The highest BCUT2D eigenvalue weighted by atomic mass is 32.2. The Morgan fingerprint density at radius 1 is 1.21 bits per heavy atom. The van der Waals surface area contributed by atoms with E-state index in [9.17, 15) is 12.8 Å². The van der Waals surface area contributed by atoms with Gasteiger partial charge < -0.3 is 9.32 Å². The normalized spacial score (nSPS) is 15.2. The standard InChI is InChI=1S/C21H22FN3O3S/c1-2-9-25-11-16(12-25)15-3-5-17(6-4-15)24-29(26,27)18-7-8-20(22)19(10-18)21-13-28-14-23-21/h3-8,10,13-14,16,24H,2,9,11-12H2,1H3. The molecule has 1 fully saturated rings. The number of benzene rings is 2. The summed E-state index contributed by atoms with van der Waals surface area (Å²) in [5, 5.41) is 0. The zero-order valence-electron chi connectivity index (χ0n) is 16.0. The first-order chi connectivity index (χ1) is 14.0. The number of hydrogen-bond donors (Lipinski definition) is 1. The van der Waals surface area contributed by atoms with Gasteiger partial charge in [0.2, 0.25) is 0 Å². The van der Waals surface area contributed by atoms with Crippen molar-refractivity contribution in [3.05, 3.63) is 66.5 Å². The number of nitrogens with one attached hydrogen (secondary N) is 1. The second-order valence-corrected chi connectivity index (χ2v) is 8.88. The fourth-order valence-electron chi connectivity index (χ4n) is 3.53. The lowest BCUT2D eigenvalue weighted by atomic mass is 9.91. The topological polar surface area (TPSA) is 75.4 Å². The third kappa shape index (κ3) is 4.18. The van der Waals surface area contributed by atoms with E-state index in [1.54, 1.807) is 12.1 Å². The molecule has 0 unspecified atom stereocenters. The van der Waals surface area contributed by atoms with Gasteiger partial charge in [-0.1, -0.05) is 19.1 Å². The van der Waals surface area contributed by atoms with Crippen molar-refractivity contribution < 1.29 is 17.2 Å². The number of nitrogens with zero attached hydrogens (tertiary/aromatic N) is 2. The first-order valence-electron chi connectivity index (χ1n) is 9.49. The van der Waals surface area contributed by atoms with E-state index < -0.39 is 15.8 Å². The summed E-state index contributed by atoms with van der Waals surface area (Å²) in [5.41, 5.74) is 1.97. The van der Waals surface area contributed by atoms with Crippen LogP contribution in [-0.4, -0.2) is 37.9 Å². The zero-order chi connectivity index (χ0) is 20.4. The summed E-state index contributed by atoms with van der Waals surface area (Å²) in [6.07, 6.45) is 3.58. The Kier molecular flexibility index (Phi) is 5.38. The number of aromatic nitrogens is 1. The lowest BCUT2D eigenvalue weighted by Gasteiger charge is -2.39. The molecule has 6 nitrogen and oxygen atoms in total. The first kappa shape index (κ1) is 19.6. The third-order valence-corrected chi connectivity index (χ3v) is 6.47. The quantitative estimate of drug-likeness (QED) is 0.629. The molecule has 8 heteroatoms. The van der Waals surface area contributed by atoms with Crippen LogP contribution in [0, 0.1) is 5.82 Å². The number of hydrogen-bond acceptors (Lipinski definition) is 5. The summed E-state index contributed by atoms with van der Waals surface area (Å²) in [4.78, 5) is 6.24. The van der Waals surface area contributed by atoms with E-state index in [0.29, 0.717) is 11.6 Å². The highest BCUT2D eigenvalue weighted by molar-refractivity contribution is 7.92. The first-order valence-corrected chi connectivity index (χ1v) is 11.0. The van der Waals surface area contributed by atoms with Gasteiger partial charge in [-0.2, -0.15) is 0 Å². The van der Waals surface area contributed by atoms with Crippen LogP contribution in [-0.2, 0) is 10.0 Å². The Balaban J connectivity index is 1.49. The lowest BCUT2D eigenvalue weighted by Crippen LogP contribution is -2.45. The van der Waals surface area contributed by atoms with Crippen molar-refractivity contribution in [3.8, 4) is 11.3 Å². The molecule has 0 spiro atoms. The van der Waals surface area contributed by atoms with Gasteiger partial charge in [-0.05, 0) is 48.9 Å². The molecule has 2 heterocycles. The Hall–Kier alpha value is -2.71. The molecule has 3 aromatic rings. The third-order valence-electron chi connectivity index (χ3n) is 5.09. The summed E-state index contributed by atoms with van der Waals surface area (Å²) in [6, 6.07) is 11.0. The van der Waals surface area contributed by atoms with Crippen LogP contribution in [0.4, 0.5) is 10.1 Å². The molecule has 0 aliphatic carbocycles. The molecule has 0 bridgehead atoms. The van der Waals surface area contributed by atoms with Crippen LogP contribution < -0.4 is 4.72 Å². The molecule has 2 aromatic carbocycles. The van der Waals surface area contributed by atoms with E-state index in [2.05, 4.69) is 21.5 Å². The summed E-state index contributed by atoms with van der Waals surface area (Å²) < 4.78 is 47.0. The predicted octanol–water partition coefficient (Wildman–Crippen LogP) is 4.09. The van der Waals surface area contributed by atoms with Crippen LogP contribution >= 0.6 is 0 Å². The summed E-state index contributed by atoms with van der Waals surface area (Å²) in [6.45, 7) is 5.37. The summed E-state index contributed by atoms with van der Waals surface area (Å²) >= 11 is 0. The summed E-state index contributed by atoms with van der Waals surface area (Å²) in [7, 11) is -3.87. The van der Waals surface area contributed by atoms with Crippen molar-refractivity contribution in [2.45, 2.75) is 24.2 Å². The lowest BCUT2D eigenvalue weighted by molar-refractivity contribution is 0.149. The molecule has 1 N–H and O–H groups in total. The average Bonchev–Trinajstić information content (AvgIpc) is 3.20. The number of sulfonamides is 1. The number of likely N-dealkylation sites (tertiary alicyclic amines) is 1. The van der Waals surface area contributed by atoms with Crippen molar-refractivity contribution in [1.29, 1.82) is 0 Å². The Morgan fingerprint density at radius 2 is 1.97 bits per heavy atom. The molecule has 0 amide bonds. The van der Waals surface area contributed by atoms with Crippen molar-refractivity contribution in [3.63, 3.8) is 0 Å². The van der Waals surface area contributed by atoms with Gasteiger partial charge >= 0.3 is 0 Å². The van der Waals surface area contributed by atoms with Gasteiger partial charge in [0.05, 0.1) is 4.90 Å². The van der Waals surface area contributed by atoms with E-state index in [1.165, 1.54) is 30.4 Å². The van der Waals surface area contributed by atoms with Gasteiger partial charge in [-0.25, -0.2) is 17.8 Å². The Bertz CT molecular complexity index is 1080. The number of rotatable bonds is 7. The molecule has 1 aromatic heterocycles. The fourth-order valence-corrected chi connectivity index (χ4v) is 4.61. The SMILES string of the molecule is CCCN1CC(c2ccc(NS(=O)(=O)c3ccc(F)c(-c4cocn4)c3)cc2)C1. The van der Waals surface area contributed by atoms with Crippen LogP contribution in [0.5, 0.6) is 0 Å². The van der Waals surface area contributed by atoms with Crippen molar-refractivity contribution in [1.82, 2.24) is 9.88 Å². The number of oxazole rings is 1. The van der Waals surface area contributed by atoms with Gasteiger partial charge in [-0.15, -0.1) is 0 Å². The van der Waals surface area contributed by atoms with E-state index >= 15 is 0 Å². The molecule has 29 heavy (non-hydrogen) atoms. The van der Waals surface area contributed by atoms with Crippen LogP contribution in [0.25, 0.3) is 11.3 Å². The molecule has 1 aliphatic heterocycles. The second-order valence-electron chi connectivity index (χ2n) is 7.20. The maximum atomic E-state index is 14.1. The van der Waals surface area contributed by atoms with Gasteiger partial charge in [0.1, 0.15) is 17.8 Å². The molecular weight excluding hydrogens is 393 g/mol. The summed E-state index contributed by atoms with van der Waals surface area (Å²) in [5.74, 6) is -0.0749. The Morgan fingerprint density at radius 3 is 2.62 bits per heavy atom. The smallest absolute Gasteiger partial charge is 0.261 e. The van der Waals surface area contributed by atoms with E-state index in [-0.39, 0.29) is 16.2 Å². The zero-order valence-corrected chi connectivity index (χ0v) is 16.8. The van der Waals surface area contributed by atoms with Crippen molar-refractivity contribution in [2.75, 3.05) is 24.4 Å². The van der Waals surface area contributed by atoms with Crippen molar-refractivity contribution in [2.24, 2.45) is 0 Å². The van der Waals surface area contributed by atoms with Gasteiger partial charge in [0.15, 0.2) is 6.39 Å². The predicted molar refractivity (Wildman–Crippen MR) is 109 cm³/mol. The molecule has 1 saturated heterocycles. The van der Waals surface area contributed by atoms with E-state index in [4.69, 9.17) is 4.42 Å².